The molecule has 0 radical (unpaired) electrons. The lowest BCUT2D eigenvalue weighted by molar-refractivity contribution is -0.385. The molecular formula is C14H9BrFNO4. The Bertz CT molecular complexity index is 733. The first-order valence-corrected chi connectivity index (χ1v) is 6.60. The van der Waals surface area contributed by atoms with Gasteiger partial charge in [-0.2, -0.15) is 0 Å². The van der Waals surface area contributed by atoms with Crippen molar-refractivity contribution in [3.05, 3.63) is 62.4 Å². The number of carbonyl (C=O) groups is 1. The van der Waals surface area contributed by atoms with Crippen LogP contribution in [0.3, 0.4) is 0 Å². The third kappa shape index (κ3) is 3.43. The van der Waals surface area contributed by atoms with Crippen LogP contribution in [0.25, 0.3) is 0 Å². The number of rotatable bonds is 4. The molecular weight excluding hydrogens is 345 g/mol. The van der Waals surface area contributed by atoms with Gasteiger partial charge in [0.1, 0.15) is 5.75 Å². The Kier molecular flexibility index (Phi) is 4.32. The second kappa shape index (κ2) is 6.01. The van der Waals surface area contributed by atoms with Crippen molar-refractivity contribution in [2.75, 3.05) is 0 Å². The van der Waals surface area contributed by atoms with E-state index in [9.17, 15) is 19.3 Å². The summed E-state index contributed by atoms with van der Waals surface area (Å²) in [6, 6.07) is 7.76. The van der Waals surface area contributed by atoms with Gasteiger partial charge in [0.25, 0.3) is 5.69 Å². The molecule has 0 fully saturated rings. The SMILES string of the molecule is CC(=O)c1cc(Br)ccc1Oc1ccc([N+](=O)[O-])cc1F. The number of non-ortho nitro benzene ring substituents is 1. The van der Waals surface area contributed by atoms with Crippen LogP contribution in [0.4, 0.5) is 10.1 Å². The Hall–Kier alpha value is -2.28. The van der Waals surface area contributed by atoms with Crippen LogP contribution in [0.15, 0.2) is 40.9 Å². The van der Waals surface area contributed by atoms with Crippen LogP contribution < -0.4 is 4.74 Å². The fourth-order valence-electron chi connectivity index (χ4n) is 1.67. The highest BCUT2D eigenvalue weighted by atomic mass is 79.9. The fraction of sp³-hybridized carbons (Fsp3) is 0.0714. The molecule has 0 aromatic heterocycles. The Labute approximate surface area is 127 Å². The van der Waals surface area contributed by atoms with Crippen molar-refractivity contribution in [2.24, 2.45) is 0 Å². The Morgan fingerprint density at radius 2 is 1.90 bits per heavy atom. The van der Waals surface area contributed by atoms with Gasteiger partial charge in [0.15, 0.2) is 17.3 Å². The van der Waals surface area contributed by atoms with Gasteiger partial charge in [0, 0.05) is 10.5 Å². The first kappa shape index (κ1) is 15.1. The van der Waals surface area contributed by atoms with Gasteiger partial charge in [-0.15, -0.1) is 0 Å². The predicted octanol–water partition coefficient (Wildman–Crippen LogP) is 4.49. The monoisotopic (exact) mass is 353 g/mol. The summed E-state index contributed by atoms with van der Waals surface area (Å²) in [6.45, 7) is 1.36. The second-order valence-electron chi connectivity index (χ2n) is 4.17. The molecule has 0 saturated carbocycles. The minimum Gasteiger partial charge on any atom is -0.454 e. The molecule has 0 aliphatic carbocycles. The lowest BCUT2D eigenvalue weighted by Gasteiger charge is -2.10. The van der Waals surface area contributed by atoms with Crippen LogP contribution in [-0.2, 0) is 0 Å². The number of hydrogen-bond acceptors (Lipinski definition) is 4. The van der Waals surface area contributed by atoms with Gasteiger partial charge in [-0.25, -0.2) is 4.39 Å². The summed E-state index contributed by atoms with van der Waals surface area (Å²) >= 11 is 3.23. The molecule has 21 heavy (non-hydrogen) atoms. The van der Waals surface area contributed by atoms with Gasteiger partial charge >= 0.3 is 0 Å². The van der Waals surface area contributed by atoms with E-state index in [1.165, 1.54) is 13.0 Å². The summed E-state index contributed by atoms with van der Waals surface area (Å²) in [6.07, 6.45) is 0. The number of nitro benzene ring substituents is 1. The second-order valence-corrected chi connectivity index (χ2v) is 5.09. The fourth-order valence-corrected chi connectivity index (χ4v) is 2.03. The smallest absolute Gasteiger partial charge is 0.272 e. The molecule has 0 unspecified atom stereocenters. The van der Waals surface area contributed by atoms with Gasteiger partial charge < -0.3 is 4.74 Å². The number of nitro groups is 1. The molecule has 2 aromatic carbocycles. The van der Waals surface area contributed by atoms with Crippen molar-refractivity contribution in [2.45, 2.75) is 6.92 Å². The molecule has 0 saturated heterocycles. The lowest BCUT2D eigenvalue weighted by atomic mass is 10.1. The molecule has 0 aliphatic heterocycles. The van der Waals surface area contributed by atoms with Crippen LogP contribution in [0.5, 0.6) is 11.5 Å². The van der Waals surface area contributed by atoms with Gasteiger partial charge in [-0.3, -0.25) is 14.9 Å². The minimum absolute atomic E-state index is 0.179. The van der Waals surface area contributed by atoms with Crippen LogP contribution >= 0.6 is 15.9 Å². The normalized spacial score (nSPS) is 10.2. The average Bonchev–Trinajstić information content (AvgIpc) is 2.42. The third-order valence-corrected chi connectivity index (χ3v) is 3.16. The van der Waals surface area contributed by atoms with E-state index in [-0.39, 0.29) is 28.5 Å². The number of benzene rings is 2. The molecule has 0 N–H and O–H groups in total. The summed E-state index contributed by atoms with van der Waals surface area (Å²) in [5.41, 5.74) is -0.0930. The number of hydrogen-bond donors (Lipinski definition) is 0. The maximum absolute atomic E-state index is 13.8. The molecule has 0 aliphatic rings. The lowest BCUT2D eigenvalue weighted by Crippen LogP contribution is -1.98. The van der Waals surface area contributed by atoms with E-state index < -0.39 is 10.7 Å². The van der Waals surface area contributed by atoms with E-state index >= 15 is 0 Å². The molecule has 0 bridgehead atoms. The zero-order valence-electron chi connectivity index (χ0n) is 10.8. The summed E-state index contributed by atoms with van der Waals surface area (Å²) in [5, 5.41) is 10.6. The third-order valence-electron chi connectivity index (χ3n) is 2.67. The predicted molar refractivity (Wildman–Crippen MR) is 77.3 cm³/mol. The summed E-state index contributed by atoms with van der Waals surface area (Å²) in [4.78, 5) is 21.4. The molecule has 5 nitrogen and oxygen atoms in total. The summed E-state index contributed by atoms with van der Waals surface area (Å²) in [7, 11) is 0. The molecule has 7 heteroatoms. The van der Waals surface area contributed by atoms with Gasteiger partial charge in [0.2, 0.25) is 0 Å². The first-order chi connectivity index (χ1) is 9.88. The van der Waals surface area contributed by atoms with E-state index in [1.807, 2.05) is 0 Å². The standard InChI is InChI=1S/C14H9BrFNO4/c1-8(18)11-6-9(15)2-4-13(11)21-14-5-3-10(17(19)20)7-12(14)16/h2-7H,1H3. The molecule has 0 spiro atoms. The average molecular weight is 354 g/mol. The van der Waals surface area contributed by atoms with Crippen molar-refractivity contribution >= 4 is 27.4 Å². The first-order valence-electron chi connectivity index (χ1n) is 5.81. The highest BCUT2D eigenvalue weighted by molar-refractivity contribution is 9.10. The quantitative estimate of drug-likeness (QED) is 0.461. The molecule has 108 valence electrons. The molecule has 2 aromatic rings. The summed E-state index contributed by atoms with van der Waals surface area (Å²) in [5.74, 6) is -1.13. The molecule has 0 heterocycles. The Morgan fingerprint density at radius 3 is 2.48 bits per heavy atom. The highest BCUT2D eigenvalue weighted by Crippen LogP contribution is 2.31. The van der Waals surface area contributed by atoms with Gasteiger partial charge in [-0.1, -0.05) is 15.9 Å². The van der Waals surface area contributed by atoms with Crippen molar-refractivity contribution < 1.29 is 18.8 Å². The Morgan fingerprint density at radius 1 is 1.24 bits per heavy atom. The van der Waals surface area contributed by atoms with Crippen LogP contribution in [0, 0.1) is 15.9 Å². The van der Waals surface area contributed by atoms with E-state index in [1.54, 1.807) is 12.1 Å². The van der Waals surface area contributed by atoms with Crippen LogP contribution in [-0.4, -0.2) is 10.7 Å². The summed E-state index contributed by atoms with van der Waals surface area (Å²) < 4.78 is 19.8. The molecule has 0 atom stereocenters. The van der Waals surface area contributed by atoms with Crippen molar-refractivity contribution in [3.8, 4) is 11.5 Å². The van der Waals surface area contributed by atoms with E-state index in [4.69, 9.17) is 4.74 Å². The van der Waals surface area contributed by atoms with E-state index in [2.05, 4.69) is 15.9 Å². The number of carbonyl (C=O) groups excluding carboxylic acids is 1. The number of halogens is 2. The molecule has 0 amide bonds. The van der Waals surface area contributed by atoms with E-state index in [0.29, 0.717) is 4.47 Å². The topological polar surface area (TPSA) is 69.4 Å². The zero-order valence-corrected chi connectivity index (χ0v) is 12.4. The van der Waals surface area contributed by atoms with Crippen molar-refractivity contribution in [1.29, 1.82) is 0 Å². The number of ether oxygens (including phenoxy) is 1. The maximum Gasteiger partial charge on any atom is 0.272 e. The van der Waals surface area contributed by atoms with Gasteiger partial charge in [0.05, 0.1) is 16.6 Å². The maximum atomic E-state index is 13.8. The van der Waals surface area contributed by atoms with Crippen molar-refractivity contribution in [3.63, 3.8) is 0 Å². The number of Topliss-reactive ketones (excluding diaryl/α,β-unsaturated/α-hetero) is 1. The largest absolute Gasteiger partial charge is 0.454 e. The Balaban J connectivity index is 2.39. The minimum atomic E-state index is -0.873. The van der Waals surface area contributed by atoms with Crippen LogP contribution in [0.1, 0.15) is 17.3 Å². The number of ketones is 1. The van der Waals surface area contributed by atoms with E-state index in [0.717, 1.165) is 18.2 Å². The van der Waals surface area contributed by atoms with Crippen LogP contribution in [0.2, 0.25) is 0 Å². The highest BCUT2D eigenvalue weighted by Gasteiger charge is 2.15. The van der Waals surface area contributed by atoms with Gasteiger partial charge in [-0.05, 0) is 31.2 Å². The zero-order chi connectivity index (χ0) is 15.6. The van der Waals surface area contributed by atoms with Crippen molar-refractivity contribution in [1.82, 2.24) is 0 Å². The number of nitrogens with zero attached hydrogens (tertiary/aromatic N) is 1. The molecule has 2 rings (SSSR count).